The lowest BCUT2D eigenvalue weighted by atomic mass is 9.80. The lowest BCUT2D eigenvalue weighted by Gasteiger charge is -2.33. The molecule has 1 amide bonds. The summed E-state index contributed by atoms with van der Waals surface area (Å²) in [4.78, 5) is 22.2. The Hall–Kier alpha value is -1.06. The van der Waals surface area contributed by atoms with E-state index in [1.165, 1.54) is 0 Å². The topological polar surface area (TPSA) is 66.4 Å². The van der Waals surface area contributed by atoms with Crippen LogP contribution in [0.15, 0.2) is 0 Å². The molecule has 2 rings (SSSR count). The number of nitrogens with one attached hydrogen (secondary N) is 1. The molecule has 4 nitrogen and oxygen atoms in total. The van der Waals surface area contributed by atoms with E-state index in [9.17, 15) is 9.59 Å². The molecule has 0 heterocycles. The van der Waals surface area contributed by atoms with E-state index in [0.29, 0.717) is 12.8 Å². The van der Waals surface area contributed by atoms with Gasteiger partial charge >= 0.3 is 5.97 Å². The highest BCUT2D eigenvalue weighted by molar-refractivity contribution is 5.83. The van der Waals surface area contributed by atoms with Crippen molar-refractivity contribution in [1.29, 1.82) is 0 Å². The maximum absolute atomic E-state index is 11.6. The summed E-state index contributed by atoms with van der Waals surface area (Å²) < 4.78 is 0. The maximum Gasteiger partial charge on any atom is 0.306 e. The zero-order valence-corrected chi connectivity index (χ0v) is 9.12. The Morgan fingerprint density at radius 2 is 1.87 bits per heavy atom. The summed E-state index contributed by atoms with van der Waals surface area (Å²) in [6.45, 7) is 4.16. The third-order valence-corrected chi connectivity index (χ3v) is 3.66. The molecule has 0 radical (unpaired) electrons. The monoisotopic (exact) mass is 211 g/mol. The second-order valence-corrected chi connectivity index (χ2v) is 5.46. The van der Waals surface area contributed by atoms with Crippen molar-refractivity contribution in [2.24, 2.45) is 17.3 Å². The van der Waals surface area contributed by atoms with Crippen LogP contribution in [-0.4, -0.2) is 23.0 Å². The molecule has 2 aliphatic rings. The number of carboxylic acids is 1. The second-order valence-electron chi connectivity index (χ2n) is 5.46. The number of carbonyl (C=O) groups is 2. The van der Waals surface area contributed by atoms with Crippen molar-refractivity contribution in [2.75, 3.05) is 0 Å². The average molecular weight is 211 g/mol. The van der Waals surface area contributed by atoms with Crippen molar-refractivity contribution in [3.8, 4) is 0 Å². The zero-order valence-electron chi connectivity index (χ0n) is 9.12. The highest BCUT2D eigenvalue weighted by atomic mass is 16.4. The molecule has 0 aromatic heterocycles. The third kappa shape index (κ3) is 1.98. The Bertz CT molecular complexity index is 305. The van der Waals surface area contributed by atoms with Gasteiger partial charge in [0.1, 0.15) is 0 Å². The van der Waals surface area contributed by atoms with Gasteiger partial charge in [-0.2, -0.15) is 0 Å². The van der Waals surface area contributed by atoms with Gasteiger partial charge in [-0.3, -0.25) is 9.59 Å². The van der Waals surface area contributed by atoms with E-state index in [1.54, 1.807) is 0 Å². The molecule has 15 heavy (non-hydrogen) atoms. The van der Waals surface area contributed by atoms with E-state index in [2.05, 4.69) is 19.2 Å². The van der Waals surface area contributed by atoms with Gasteiger partial charge in [-0.25, -0.2) is 0 Å². The number of rotatable bonds is 3. The first-order chi connectivity index (χ1) is 6.90. The first-order valence-electron chi connectivity index (χ1n) is 5.43. The fraction of sp³-hybridized carbons (Fsp3) is 0.818. The Labute approximate surface area is 89.0 Å². The molecule has 0 saturated heterocycles. The van der Waals surface area contributed by atoms with Gasteiger partial charge in [0.15, 0.2) is 0 Å². The fourth-order valence-corrected chi connectivity index (χ4v) is 2.15. The van der Waals surface area contributed by atoms with E-state index < -0.39 is 5.97 Å². The van der Waals surface area contributed by atoms with Gasteiger partial charge in [0.05, 0.1) is 5.92 Å². The number of aliphatic carboxylic acids is 1. The maximum atomic E-state index is 11.6. The Morgan fingerprint density at radius 1 is 1.33 bits per heavy atom. The van der Waals surface area contributed by atoms with E-state index in [0.717, 1.165) is 6.42 Å². The summed E-state index contributed by atoms with van der Waals surface area (Å²) in [5, 5.41) is 11.6. The van der Waals surface area contributed by atoms with Gasteiger partial charge in [-0.15, -0.1) is 0 Å². The van der Waals surface area contributed by atoms with Crippen LogP contribution < -0.4 is 5.32 Å². The largest absolute Gasteiger partial charge is 0.481 e. The number of carboxylic acid groups (broad SMARTS) is 1. The van der Waals surface area contributed by atoms with Gasteiger partial charge in [-0.05, 0) is 24.7 Å². The van der Waals surface area contributed by atoms with Crippen LogP contribution in [0.4, 0.5) is 0 Å². The summed E-state index contributed by atoms with van der Waals surface area (Å²) >= 11 is 0. The Morgan fingerprint density at radius 3 is 2.27 bits per heavy atom. The van der Waals surface area contributed by atoms with Crippen LogP contribution in [0.5, 0.6) is 0 Å². The molecule has 0 spiro atoms. The van der Waals surface area contributed by atoms with Crippen LogP contribution in [0.3, 0.4) is 0 Å². The molecule has 0 unspecified atom stereocenters. The minimum Gasteiger partial charge on any atom is -0.481 e. The van der Waals surface area contributed by atoms with Crippen molar-refractivity contribution in [1.82, 2.24) is 5.32 Å². The third-order valence-electron chi connectivity index (χ3n) is 3.66. The van der Waals surface area contributed by atoms with Crippen LogP contribution in [0.1, 0.15) is 33.1 Å². The van der Waals surface area contributed by atoms with Crippen molar-refractivity contribution < 1.29 is 14.7 Å². The number of carbonyl (C=O) groups excluding carboxylic acids is 1. The summed E-state index contributed by atoms with van der Waals surface area (Å²) in [7, 11) is 0. The predicted molar refractivity (Wildman–Crippen MR) is 54.2 cm³/mol. The van der Waals surface area contributed by atoms with E-state index in [-0.39, 0.29) is 29.2 Å². The van der Waals surface area contributed by atoms with E-state index in [4.69, 9.17) is 5.11 Å². The summed E-state index contributed by atoms with van der Waals surface area (Å²) in [6.07, 6.45) is 2.14. The molecule has 84 valence electrons. The van der Waals surface area contributed by atoms with E-state index >= 15 is 0 Å². The van der Waals surface area contributed by atoms with Crippen molar-refractivity contribution in [3.05, 3.63) is 0 Å². The molecule has 2 saturated carbocycles. The Balaban J connectivity index is 1.72. The van der Waals surface area contributed by atoms with Gasteiger partial charge in [0.2, 0.25) is 5.91 Å². The van der Waals surface area contributed by atoms with E-state index in [1.807, 2.05) is 0 Å². The van der Waals surface area contributed by atoms with Crippen LogP contribution in [0.2, 0.25) is 0 Å². The predicted octanol–water partition coefficient (Wildman–Crippen LogP) is 1.01. The minimum atomic E-state index is -0.743. The van der Waals surface area contributed by atoms with Crippen LogP contribution >= 0.6 is 0 Å². The lowest BCUT2D eigenvalue weighted by molar-refractivity contribution is -0.146. The molecule has 2 aliphatic carbocycles. The Kier molecular flexibility index (Phi) is 2.24. The molecule has 1 atom stereocenters. The molecule has 0 bridgehead atoms. The van der Waals surface area contributed by atoms with Crippen molar-refractivity contribution in [2.45, 2.75) is 39.2 Å². The highest BCUT2D eigenvalue weighted by Crippen LogP contribution is 2.51. The quantitative estimate of drug-likeness (QED) is 0.732. The normalized spacial score (nSPS) is 36.5. The van der Waals surface area contributed by atoms with Gasteiger partial charge in [0.25, 0.3) is 0 Å². The summed E-state index contributed by atoms with van der Waals surface area (Å²) in [5.74, 6) is -0.745. The number of hydrogen-bond acceptors (Lipinski definition) is 2. The summed E-state index contributed by atoms with van der Waals surface area (Å²) in [5.41, 5.74) is 0.153. The van der Waals surface area contributed by atoms with Gasteiger partial charge in [-0.1, -0.05) is 13.8 Å². The van der Waals surface area contributed by atoms with Crippen LogP contribution in [0, 0.1) is 17.3 Å². The molecular weight excluding hydrogens is 194 g/mol. The number of amides is 1. The smallest absolute Gasteiger partial charge is 0.306 e. The van der Waals surface area contributed by atoms with Gasteiger partial charge in [0, 0.05) is 12.0 Å². The second kappa shape index (κ2) is 3.22. The van der Waals surface area contributed by atoms with Crippen LogP contribution in [-0.2, 0) is 9.59 Å². The number of hydrogen-bond donors (Lipinski definition) is 2. The lowest BCUT2D eigenvalue weighted by Crippen LogP contribution is -2.47. The average Bonchev–Trinajstić information content (AvgIpc) is 2.65. The van der Waals surface area contributed by atoms with Gasteiger partial charge < -0.3 is 10.4 Å². The van der Waals surface area contributed by atoms with Crippen molar-refractivity contribution >= 4 is 11.9 Å². The fourth-order valence-electron chi connectivity index (χ4n) is 2.15. The minimum absolute atomic E-state index is 0.0926. The molecule has 0 aliphatic heterocycles. The molecule has 2 fully saturated rings. The SMILES string of the molecule is CC1(C)C[C@@H]1C(=O)NC1CC(C(=O)O)C1. The molecular formula is C11H17NO3. The van der Waals surface area contributed by atoms with Crippen LogP contribution in [0.25, 0.3) is 0 Å². The first-order valence-corrected chi connectivity index (χ1v) is 5.43. The molecule has 4 heteroatoms. The summed E-state index contributed by atoms with van der Waals surface area (Å²) in [6, 6.07) is 0.0926. The molecule has 2 N–H and O–H groups in total. The molecule has 0 aromatic rings. The van der Waals surface area contributed by atoms with Crippen molar-refractivity contribution in [3.63, 3.8) is 0 Å². The standard InChI is InChI=1S/C11H17NO3/c1-11(2)5-8(11)9(13)12-7-3-6(4-7)10(14)15/h6-8H,3-5H2,1-2H3,(H,12,13)(H,14,15)/t6?,7?,8-/m1/s1. The highest BCUT2D eigenvalue weighted by Gasteiger charge is 2.51. The zero-order chi connectivity index (χ0) is 11.2. The first kappa shape index (κ1) is 10.5. The molecule has 0 aromatic carbocycles.